The van der Waals surface area contributed by atoms with Crippen LogP contribution in [0.2, 0.25) is 0 Å². The van der Waals surface area contributed by atoms with Gasteiger partial charge in [-0.2, -0.15) is 0 Å². The topological polar surface area (TPSA) is 47.9 Å². The Morgan fingerprint density at radius 1 is 1.46 bits per heavy atom. The van der Waals surface area contributed by atoms with Crippen molar-refractivity contribution in [3.8, 4) is 0 Å². The molecule has 0 heterocycles. The number of aliphatic hydroxyl groups excluding tert-OH is 1. The van der Waals surface area contributed by atoms with Gasteiger partial charge in [0.15, 0.2) is 0 Å². The summed E-state index contributed by atoms with van der Waals surface area (Å²) in [7, 11) is 1.60. The molecule has 0 radical (unpaired) electrons. The molecule has 1 N–H and O–H groups in total. The first-order chi connectivity index (χ1) is 6.22. The van der Waals surface area contributed by atoms with Crippen LogP contribution in [0.3, 0.4) is 0 Å². The summed E-state index contributed by atoms with van der Waals surface area (Å²) in [5.74, 6) is 0. The van der Waals surface area contributed by atoms with Gasteiger partial charge in [0.05, 0.1) is 19.3 Å². The Bertz CT molecular complexity index is 125. The molecular weight excluding hydrogens is 172 g/mol. The van der Waals surface area contributed by atoms with E-state index in [1.54, 1.807) is 20.1 Å². The second kappa shape index (κ2) is 8.19. The van der Waals surface area contributed by atoms with Crippen molar-refractivity contribution < 1.29 is 19.3 Å². The fourth-order valence-electron chi connectivity index (χ4n) is 0.732. The number of aliphatic hydroxyl groups is 1. The van der Waals surface area contributed by atoms with E-state index in [0.29, 0.717) is 13.2 Å². The Balaban J connectivity index is 3.33. The van der Waals surface area contributed by atoms with Crippen molar-refractivity contribution in [2.24, 2.45) is 0 Å². The van der Waals surface area contributed by atoms with Gasteiger partial charge in [0.2, 0.25) is 0 Å². The second-order valence-corrected chi connectivity index (χ2v) is 2.63. The van der Waals surface area contributed by atoms with Gasteiger partial charge in [0, 0.05) is 7.11 Å². The lowest BCUT2D eigenvalue weighted by atomic mass is 10.2. The zero-order valence-electron chi connectivity index (χ0n) is 8.23. The third-order valence-electron chi connectivity index (χ3n) is 1.48. The quantitative estimate of drug-likeness (QED) is 0.345. The van der Waals surface area contributed by atoms with Crippen LogP contribution in [0.4, 0.5) is 0 Å². The Kier molecular flexibility index (Phi) is 7.93. The first-order valence-corrected chi connectivity index (χ1v) is 4.21. The second-order valence-electron chi connectivity index (χ2n) is 2.63. The highest BCUT2D eigenvalue weighted by Gasteiger charge is 2.10. The summed E-state index contributed by atoms with van der Waals surface area (Å²) >= 11 is 0. The minimum absolute atomic E-state index is 0.144. The van der Waals surface area contributed by atoms with E-state index in [4.69, 9.17) is 19.3 Å². The zero-order valence-corrected chi connectivity index (χ0v) is 8.23. The SMILES string of the molecule is C=C[C@@H](OCOCCOC)[C@H](C)O. The normalized spacial score (nSPS) is 15.3. The highest BCUT2D eigenvalue weighted by atomic mass is 16.7. The summed E-state index contributed by atoms with van der Waals surface area (Å²) < 4.78 is 15.0. The molecule has 0 bridgehead atoms. The Morgan fingerprint density at radius 3 is 2.62 bits per heavy atom. The van der Waals surface area contributed by atoms with Crippen molar-refractivity contribution >= 4 is 0 Å². The molecule has 0 aliphatic rings. The number of ether oxygens (including phenoxy) is 3. The predicted octanol–water partition coefficient (Wildman–Crippen LogP) is 0.559. The minimum Gasteiger partial charge on any atom is -0.390 e. The molecule has 0 aromatic rings. The molecule has 4 nitrogen and oxygen atoms in total. The molecule has 0 saturated heterocycles. The van der Waals surface area contributed by atoms with Crippen molar-refractivity contribution in [2.45, 2.75) is 19.1 Å². The molecule has 0 aliphatic carbocycles. The fraction of sp³-hybridized carbons (Fsp3) is 0.778. The van der Waals surface area contributed by atoms with Gasteiger partial charge in [-0.1, -0.05) is 6.08 Å². The van der Waals surface area contributed by atoms with Crippen LogP contribution in [0.25, 0.3) is 0 Å². The van der Waals surface area contributed by atoms with Gasteiger partial charge in [-0.15, -0.1) is 6.58 Å². The van der Waals surface area contributed by atoms with E-state index in [-0.39, 0.29) is 12.9 Å². The van der Waals surface area contributed by atoms with E-state index in [0.717, 1.165) is 0 Å². The summed E-state index contributed by atoms with van der Waals surface area (Å²) in [6.07, 6.45) is 0.607. The van der Waals surface area contributed by atoms with Gasteiger partial charge < -0.3 is 19.3 Å². The van der Waals surface area contributed by atoms with Crippen molar-refractivity contribution in [3.05, 3.63) is 12.7 Å². The maximum absolute atomic E-state index is 9.14. The van der Waals surface area contributed by atoms with Crippen LogP contribution in [0.15, 0.2) is 12.7 Å². The predicted molar refractivity (Wildman–Crippen MR) is 49.4 cm³/mol. The van der Waals surface area contributed by atoms with Crippen LogP contribution in [0.1, 0.15) is 6.92 Å². The van der Waals surface area contributed by atoms with Crippen molar-refractivity contribution in [2.75, 3.05) is 27.1 Å². The average Bonchev–Trinajstić information content (AvgIpc) is 2.10. The summed E-state index contributed by atoms with van der Waals surface area (Å²) in [6.45, 7) is 6.34. The summed E-state index contributed by atoms with van der Waals surface area (Å²) in [5.41, 5.74) is 0. The fourth-order valence-corrected chi connectivity index (χ4v) is 0.732. The van der Waals surface area contributed by atoms with Crippen LogP contribution in [-0.4, -0.2) is 44.4 Å². The molecule has 0 aliphatic heterocycles. The van der Waals surface area contributed by atoms with Gasteiger partial charge in [0.1, 0.15) is 12.9 Å². The van der Waals surface area contributed by atoms with E-state index < -0.39 is 6.10 Å². The van der Waals surface area contributed by atoms with Crippen LogP contribution < -0.4 is 0 Å². The van der Waals surface area contributed by atoms with Crippen molar-refractivity contribution in [3.63, 3.8) is 0 Å². The molecule has 0 spiro atoms. The standard InChI is InChI=1S/C9H18O4/c1-4-9(8(2)10)13-7-12-6-5-11-3/h4,8-10H,1,5-7H2,2-3H3/t8-,9+/m0/s1. The Morgan fingerprint density at radius 2 is 2.15 bits per heavy atom. The average molecular weight is 190 g/mol. The third kappa shape index (κ3) is 6.72. The van der Waals surface area contributed by atoms with Gasteiger partial charge in [-0.3, -0.25) is 0 Å². The smallest absolute Gasteiger partial charge is 0.147 e. The molecule has 13 heavy (non-hydrogen) atoms. The molecule has 0 fully saturated rings. The van der Waals surface area contributed by atoms with Crippen LogP contribution in [-0.2, 0) is 14.2 Å². The van der Waals surface area contributed by atoms with E-state index in [1.165, 1.54) is 0 Å². The summed E-state index contributed by atoms with van der Waals surface area (Å²) in [4.78, 5) is 0. The molecule has 4 heteroatoms. The van der Waals surface area contributed by atoms with Gasteiger partial charge in [-0.05, 0) is 6.92 Å². The van der Waals surface area contributed by atoms with Crippen molar-refractivity contribution in [1.82, 2.24) is 0 Å². The first-order valence-electron chi connectivity index (χ1n) is 4.21. The van der Waals surface area contributed by atoms with Gasteiger partial charge in [0.25, 0.3) is 0 Å². The minimum atomic E-state index is -0.566. The lowest BCUT2D eigenvalue weighted by Gasteiger charge is -2.16. The van der Waals surface area contributed by atoms with Crippen LogP contribution in [0.5, 0.6) is 0 Å². The van der Waals surface area contributed by atoms with Crippen LogP contribution >= 0.6 is 0 Å². The van der Waals surface area contributed by atoms with E-state index in [2.05, 4.69) is 6.58 Å². The zero-order chi connectivity index (χ0) is 10.1. The lowest BCUT2D eigenvalue weighted by molar-refractivity contribution is -0.110. The summed E-state index contributed by atoms with van der Waals surface area (Å²) in [5, 5.41) is 9.14. The highest BCUT2D eigenvalue weighted by molar-refractivity contribution is 4.83. The highest BCUT2D eigenvalue weighted by Crippen LogP contribution is 1.99. The molecule has 0 amide bonds. The van der Waals surface area contributed by atoms with E-state index in [1.807, 2.05) is 0 Å². The summed E-state index contributed by atoms with van der Waals surface area (Å²) in [6, 6.07) is 0. The number of hydrogen-bond acceptors (Lipinski definition) is 4. The molecule has 0 unspecified atom stereocenters. The van der Waals surface area contributed by atoms with Gasteiger partial charge in [-0.25, -0.2) is 0 Å². The van der Waals surface area contributed by atoms with Crippen molar-refractivity contribution in [1.29, 1.82) is 0 Å². The largest absolute Gasteiger partial charge is 0.390 e. The molecule has 78 valence electrons. The maximum Gasteiger partial charge on any atom is 0.147 e. The molecule has 0 aromatic heterocycles. The Hall–Kier alpha value is -0.420. The van der Waals surface area contributed by atoms with Gasteiger partial charge >= 0.3 is 0 Å². The van der Waals surface area contributed by atoms with E-state index >= 15 is 0 Å². The third-order valence-corrected chi connectivity index (χ3v) is 1.48. The molecule has 0 rings (SSSR count). The number of rotatable bonds is 8. The Labute approximate surface area is 79.1 Å². The van der Waals surface area contributed by atoms with E-state index in [9.17, 15) is 0 Å². The molecule has 2 atom stereocenters. The lowest BCUT2D eigenvalue weighted by Crippen LogP contribution is -2.25. The molecule has 0 saturated carbocycles. The molecular formula is C9H18O4. The number of hydrogen-bond donors (Lipinski definition) is 1. The number of methoxy groups -OCH3 is 1. The maximum atomic E-state index is 9.14. The first kappa shape index (κ1) is 12.6. The monoisotopic (exact) mass is 190 g/mol. The molecule has 0 aromatic carbocycles. The van der Waals surface area contributed by atoms with Crippen LogP contribution in [0, 0.1) is 0 Å².